The Labute approximate surface area is 143 Å². The van der Waals surface area contributed by atoms with Gasteiger partial charge in [-0.15, -0.1) is 0 Å². The van der Waals surface area contributed by atoms with Gasteiger partial charge in [-0.3, -0.25) is 9.69 Å². The van der Waals surface area contributed by atoms with E-state index in [0.717, 1.165) is 5.69 Å². The second kappa shape index (κ2) is 6.39. The number of benzene rings is 1. The first kappa shape index (κ1) is 15.4. The predicted molar refractivity (Wildman–Crippen MR) is 87.4 cm³/mol. The van der Waals surface area contributed by atoms with Crippen LogP contribution in [0, 0.1) is 0 Å². The van der Waals surface area contributed by atoms with Crippen LogP contribution < -0.4 is 19.7 Å². The average molecular weight is 343 g/mol. The number of amides is 3. The van der Waals surface area contributed by atoms with Crippen molar-refractivity contribution in [3.63, 3.8) is 0 Å². The van der Waals surface area contributed by atoms with Crippen molar-refractivity contribution in [3.8, 4) is 11.5 Å². The Kier molecular flexibility index (Phi) is 3.93. The maximum atomic E-state index is 12.6. The number of urea groups is 1. The molecule has 1 aromatic carbocycles. The number of hydrogen-bond acceptors (Lipinski definition) is 5. The largest absolute Gasteiger partial charge is 0.467 e. The normalized spacial score (nSPS) is 15.8. The molecule has 1 N–H and O–H groups in total. The minimum atomic E-state index is -0.225. The minimum Gasteiger partial charge on any atom is -0.467 e. The van der Waals surface area contributed by atoms with Crippen LogP contribution in [0.25, 0.3) is 0 Å². The zero-order valence-electron chi connectivity index (χ0n) is 13.4. The molecule has 0 bridgehead atoms. The number of fused-ring (bicyclic) bond motifs is 1. The molecule has 0 radical (unpaired) electrons. The molecular formula is C17H17N3O5. The van der Waals surface area contributed by atoms with Crippen molar-refractivity contribution in [2.75, 3.05) is 31.3 Å². The maximum Gasteiger partial charge on any atom is 0.325 e. The topological polar surface area (TPSA) is 84.2 Å². The lowest BCUT2D eigenvalue weighted by Gasteiger charge is -2.18. The summed E-state index contributed by atoms with van der Waals surface area (Å²) < 4.78 is 15.8. The van der Waals surface area contributed by atoms with Crippen molar-refractivity contribution in [2.45, 2.75) is 6.54 Å². The molecule has 1 saturated heterocycles. The number of nitrogens with one attached hydrogen (secondary N) is 1. The van der Waals surface area contributed by atoms with E-state index in [4.69, 9.17) is 13.9 Å². The van der Waals surface area contributed by atoms with Crippen LogP contribution in [0.15, 0.2) is 41.0 Å². The SMILES string of the molecule is O=C(CN1CCN(c2ccc3c(c2)OCO3)C1=O)NCc1ccco1. The van der Waals surface area contributed by atoms with Crippen LogP contribution in [-0.2, 0) is 11.3 Å². The van der Waals surface area contributed by atoms with Crippen molar-refractivity contribution in [1.29, 1.82) is 0 Å². The van der Waals surface area contributed by atoms with Gasteiger partial charge in [-0.25, -0.2) is 4.79 Å². The fourth-order valence-corrected chi connectivity index (χ4v) is 2.85. The first-order valence-corrected chi connectivity index (χ1v) is 7.96. The molecule has 2 aromatic rings. The number of nitrogens with zero attached hydrogens (tertiary/aromatic N) is 2. The van der Waals surface area contributed by atoms with E-state index in [1.807, 2.05) is 6.07 Å². The fourth-order valence-electron chi connectivity index (χ4n) is 2.85. The molecule has 3 amide bonds. The molecule has 0 spiro atoms. The van der Waals surface area contributed by atoms with Gasteiger partial charge in [0.2, 0.25) is 12.7 Å². The summed E-state index contributed by atoms with van der Waals surface area (Å²) in [6, 6.07) is 8.71. The quantitative estimate of drug-likeness (QED) is 0.891. The van der Waals surface area contributed by atoms with Crippen molar-refractivity contribution in [2.24, 2.45) is 0 Å². The van der Waals surface area contributed by atoms with Gasteiger partial charge in [-0.05, 0) is 24.3 Å². The summed E-state index contributed by atoms with van der Waals surface area (Å²) in [7, 11) is 0. The first-order valence-electron chi connectivity index (χ1n) is 7.96. The van der Waals surface area contributed by atoms with Gasteiger partial charge in [0.1, 0.15) is 12.3 Å². The minimum absolute atomic E-state index is 0.0145. The molecule has 8 nitrogen and oxygen atoms in total. The monoisotopic (exact) mass is 343 g/mol. The van der Waals surface area contributed by atoms with Crippen LogP contribution in [0.4, 0.5) is 10.5 Å². The van der Waals surface area contributed by atoms with Gasteiger partial charge in [-0.2, -0.15) is 0 Å². The van der Waals surface area contributed by atoms with Gasteiger partial charge in [0.15, 0.2) is 11.5 Å². The van der Waals surface area contributed by atoms with E-state index in [9.17, 15) is 9.59 Å². The van der Waals surface area contributed by atoms with Crippen LogP contribution in [0.2, 0.25) is 0 Å². The summed E-state index contributed by atoms with van der Waals surface area (Å²) in [5.41, 5.74) is 0.729. The van der Waals surface area contributed by atoms with Gasteiger partial charge in [0.05, 0.1) is 12.8 Å². The van der Waals surface area contributed by atoms with Crippen molar-refractivity contribution >= 4 is 17.6 Å². The molecular weight excluding hydrogens is 326 g/mol. The highest BCUT2D eigenvalue weighted by molar-refractivity contribution is 5.96. The zero-order valence-corrected chi connectivity index (χ0v) is 13.4. The molecule has 2 aliphatic heterocycles. The van der Waals surface area contributed by atoms with Gasteiger partial charge in [0.25, 0.3) is 0 Å². The molecule has 1 fully saturated rings. The molecule has 25 heavy (non-hydrogen) atoms. The second-order valence-corrected chi connectivity index (χ2v) is 5.75. The molecule has 2 aliphatic rings. The molecule has 4 rings (SSSR count). The summed E-state index contributed by atoms with van der Waals surface area (Å²) in [5.74, 6) is 1.74. The number of anilines is 1. The van der Waals surface area contributed by atoms with E-state index in [2.05, 4.69) is 5.32 Å². The van der Waals surface area contributed by atoms with E-state index >= 15 is 0 Å². The van der Waals surface area contributed by atoms with Crippen LogP contribution in [0.3, 0.4) is 0 Å². The molecule has 1 aromatic heterocycles. The highest BCUT2D eigenvalue weighted by Gasteiger charge is 2.31. The summed E-state index contributed by atoms with van der Waals surface area (Å²) in [6.45, 7) is 1.51. The Morgan fingerprint density at radius 1 is 1.16 bits per heavy atom. The van der Waals surface area contributed by atoms with Crippen LogP contribution in [0.1, 0.15) is 5.76 Å². The predicted octanol–water partition coefficient (Wildman–Crippen LogP) is 1.57. The van der Waals surface area contributed by atoms with Crippen LogP contribution in [-0.4, -0.2) is 43.3 Å². The molecule has 8 heteroatoms. The maximum absolute atomic E-state index is 12.6. The first-order chi connectivity index (χ1) is 12.2. The van der Waals surface area contributed by atoms with E-state index in [0.29, 0.717) is 36.9 Å². The standard InChI is InChI=1S/C17H17N3O5/c21-16(18-9-13-2-1-7-23-13)10-19-5-6-20(17(19)22)12-3-4-14-15(8-12)25-11-24-14/h1-4,7-8H,5-6,9-11H2,(H,18,21). The van der Waals surface area contributed by atoms with Gasteiger partial charge in [-0.1, -0.05) is 0 Å². The Hall–Kier alpha value is -3.16. The molecule has 130 valence electrons. The summed E-state index contributed by atoms with van der Waals surface area (Å²) in [4.78, 5) is 27.7. The molecule has 3 heterocycles. The zero-order chi connectivity index (χ0) is 17.2. The van der Waals surface area contributed by atoms with Gasteiger partial charge >= 0.3 is 6.03 Å². The number of carbonyl (C=O) groups is 2. The molecule has 0 unspecified atom stereocenters. The van der Waals surface area contributed by atoms with Crippen molar-refractivity contribution in [3.05, 3.63) is 42.4 Å². The smallest absolute Gasteiger partial charge is 0.325 e. The van der Waals surface area contributed by atoms with Crippen LogP contribution >= 0.6 is 0 Å². The van der Waals surface area contributed by atoms with E-state index in [-0.39, 0.29) is 25.3 Å². The number of carbonyl (C=O) groups excluding carboxylic acids is 2. The third kappa shape index (κ3) is 3.10. The van der Waals surface area contributed by atoms with Crippen molar-refractivity contribution in [1.82, 2.24) is 10.2 Å². The highest BCUT2D eigenvalue weighted by Crippen LogP contribution is 2.36. The highest BCUT2D eigenvalue weighted by atomic mass is 16.7. The lowest BCUT2D eigenvalue weighted by atomic mass is 10.2. The Bertz CT molecular complexity index is 790. The third-order valence-corrected chi connectivity index (χ3v) is 4.14. The number of furan rings is 1. The van der Waals surface area contributed by atoms with Gasteiger partial charge in [0, 0.05) is 24.8 Å². The average Bonchev–Trinajstić information content (AvgIpc) is 3.34. The Balaban J connectivity index is 1.35. The van der Waals surface area contributed by atoms with Gasteiger partial charge < -0.3 is 24.1 Å². The lowest BCUT2D eigenvalue weighted by Crippen LogP contribution is -2.39. The van der Waals surface area contributed by atoms with E-state index in [1.54, 1.807) is 35.4 Å². The number of rotatable bonds is 5. The molecule has 0 atom stereocenters. The number of ether oxygens (including phenoxy) is 2. The summed E-state index contributed by atoms with van der Waals surface area (Å²) in [6.07, 6.45) is 1.55. The van der Waals surface area contributed by atoms with Crippen LogP contribution in [0.5, 0.6) is 11.5 Å². The number of hydrogen-bond donors (Lipinski definition) is 1. The summed E-state index contributed by atoms with van der Waals surface area (Å²) >= 11 is 0. The van der Waals surface area contributed by atoms with Crippen molar-refractivity contribution < 1.29 is 23.5 Å². The Morgan fingerprint density at radius 3 is 2.88 bits per heavy atom. The third-order valence-electron chi connectivity index (χ3n) is 4.14. The summed E-state index contributed by atoms with van der Waals surface area (Å²) in [5, 5.41) is 2.74. The lowest BCUT2D eigenvalue weighted by molar-refractivity contribution is -0.121. The molecule has 0 aliphatic carbocycles. The fraction of sp³-hybridized carbons (Fsp3) is 0.294. The van der Waals surface area contributed by atoms with E-state index in [1.165, 1.54) is 4.90 Å². The van der Waals surface area contributed by atoms with E-state index < -0.39 is 0 Å². The second-order valence-electron chi connectivity index (χ2n) is 5.75. The Morgan fingerprint density at radius 2 is 2.04 bits per heavy atom. The molecule has 0 saturated carbocycles.